The first-order chi connectivity index (χ1) is 14.3. The standard InChI is InChI=1S/C20H17ClN2O6S/c1-3-22-19(24)17(30-20(22)25)10-13-8-15(21)18(16(9-13)28-2)29-11-12-4-6-14(7-5-12)23(26)27/h4-10H,3,11H2,1-2H3. The Bertz CT molecular complexity index is 1040. The molecule has 0 saturated carbocycles. The summed E-state index contributed by atoms with van der Waals surface area (Å²) in [6, 6.07) is 9.23. The van der Waals surface area contributed by atoms with Crippen LogP contribution in [0.5, 0.6) is 11.5 Å². The highest BCUT2D eigenvalue weighted by Crippen LogP contribution is 2.39. The lowest BCUT2D eigenvalue weighted by molar-refractivity contribution is -0.384. The number of nitro groups is 1. The maximum atomic E-state index is 12.3. The van der Waals surface area contributed by atoms with Gasteiger partial charge in [-0.2, -0.15) is 0 Å². The summed E-state index contributed by atoms with van der Waals surface area (Å²) in [6.07, 6.45) is 1.58. The summed E-state index contributed by atoms with van der Waals surface area (Å²) < 4.78 is 11.1. The molecular formula is C20H17ClN2O6S. The van der Waals surface area contributed by atoms with Crippen molar-refractivity contribution in [2.45, 2.75) is 13.5 Å². The van der Waals surface area contributed by atoms with Crippen molar-refractivity contribution in [3.05, 3.63) is 67.6 Å². The summed E-state index contributed by atoms with van der Waals surface area (Å²) in [5.74, 6) is 0.308. The Kier molecular flexibility index (Phi) is 6.63. The van der Waals surface area contributed by atoms with Crippen LogP contribution >= 0.6 is 23.4 Å². The Morgan fingerprint density at radius 2 is 1.93 bits per heavy atom. The fraction of sp³-hybridized carbons (Fsp3) is 0.200. The van der Waals surface area contributed by atoms with Crippen molar-refractivity contribution in [1.29, 1.82) is 0 Å². The number of rotatable bonds is 7. The molecule has 2 amide bonds. The number of nitro benzene ring substituents is 1. The number of hydrogen-bond acceptors (Lipinski definition) is 7. The van der Waals surface area contributed by atoms with Crippen molar-refractivity contribution >= 4 is 46.3 Å². The minimum absolute atomic E-state index is 0.00815. The molecule has 30 heavy (non-hydrogen) atoms. The summed E-state index contributed by atoms with van der Waals surface area (Å²) >= 11 is 7.23. The Morgan fingerprint density at radius 3 is 2.50 bits per heavy atom. The summed E-state index contributed by atoms with van der Waals surface area (Å²) in [5, 5.41) is 10.7. The third kappa shape index (κ3) is 4.58. The number of halogens is 1. The van der Waals surface area contributed by atoms with Gasteiger partial charge in [0.2, 0.25) is 0 Å². The van der Waals surface area contributed by atoms with Crippen LogP contribution < -0.4 is 9.47 Å². The van der Waals surface area contributed by atoms with Crippen LogP contribution in [0, 0.1) is 10.1 Å². The normalized spacial score (nSPS) is 15.0. The zero-order valence-electron chi connectivity index (χ0n) is 16.1. The Balaban J connectivity index is 1.81. The van der Waals surface area contributed by atoms with Gasteiger partial charge in [-0.15, -0.1) is 0 Å². The number of benzene rings is 2. The predicted molar refractivity (Wildman–Crippen MR) is 114 cm³/mol. The molecule has 10 heteroatoms. The number of ether oxygens (including phenoxy) is 2. The average Bonchev–Trinajstić information content (AvgIpc) is 2.99. The van der Waals surface area contributed by atoms with Crippen molar-refractivity contribution in [3.63, 3.8) is 0 Å². The van der Waals surface area contributed by atoms with Gasteiger partial charge in [-0.3, -0.25) is 24.6 Å². The van der Waals surface area contributed by atoms with Crippen LogP contribution in [0.25, 0.3) is 6.08 Å². The van der Waals surface area contributed by atoms with Gasteiger partial charge in [-0.25, -0.2) is 0 Å². The topological polar surface area (TPSA) is 99.0 Å². The largest absolute Gasteiger partial charge is 0.493 e. The van der Waals surface area contributed by atoms with Gasteiger partial charge in [0, 0.05) is 18.7 Å². The maximum absolute atomic E-state index is 12.3. The van der Waals surface area contributed by atoms with Gasteiger partial charge in [0.05, 0.1) is 22.0 Å². The van der Waals surface area contributed by atoms with E-state index < -0.39 is 4.92 Å². The molecule has 1 aliphatic rings. The molecule has 2 aromatic carbocycles. The van der Waals surface area contributed by atoms with E-state index in [0.717, 1.165) is 22.2 Å². The molecule has 0 spiro atoms. The molecule has 8 nitrogen and oxygen atoms in total. The van der Waals surface area contributed by atoms with Gasteiger partial charge in [-0.05, 0) is 60.2 Å². The first kappa shape index (κ1) is 21.7. The highest BCUT2D eigenvalue weighted by atomic mass is 35.5. The van der Waals surface area contributed by atoms with Crippen molar-refractivity contribution in [2.75, 3.05) is 13.7 Å². The second-order valence-corrected chi connectivity index (χ2v) is 7.57. The molecule has 0 unspecified atom stereocenters. The minimum atomic E-state index is -0.474. The third-order valence-electron chi connectivity index (χ3n) is 4.27. The Hall–Kier alpha value is -3.04. The van der Waals surface area contributed by atoms with E-state index in [9.17, 15) is 19.7 Å². The fourth-order valence-electron chi connectivity index (χ4n) is 2.76. The molecule has 1 saturated heterocycles. The number of likely N-dealkylation sites (N-methyl/N-ethyl adjacent to an activating group) is 1. The van der Waals surface area contributed by atoms with E-state index >= 15 is 0 Å². The van der Waals surface area contributed by atoms with E-state index in [4.69, 9.17) is 21.1 Å². The van der Waals surface area contributed by atoms with Crippen LogP contribution in [0.2, 0.25) is 5.02 Å². The highest BCUT2D eigenvalue weighted by Gasteiger charge is 2.33. The number of carbonyl (C=O) groups excluding carboxylic acids is 2. The molecule has 1 fully saturated rings. The molecular weight excluding hydrogens is 432 g/mol. The molecule has 2 aromatic rings. The highest BCUT2D eigenvalue weighted by molar-refractivity contribution is 8.18. The Labute approximate surface area is 181 Å². The molecule has 1 aliphatic heterocycles. The van der Waals surface area contributed by atoms with Crippen molar-refractivity contribution in [2.24, 2.45) is 0 Å². The molecule has 0 atom stereocenters. The number of nitrogens with zero attached hydrogens (tertiary/aromatic N) is 2. The molecule has 0 aliphatic carbocycles. The van der Waals surface area contributed by atoms with E-state index in [2.05, 4.69) is 0 Å². The van der Waals surface area contributed by atoms with Gasteiger partial charge < -0.3 is 9.47 Å². The molecule has 0 aromatic heterocycles. The quantitative estimate of drug-likeness (QED) is 0.337. The number of thioether (sulfide) groups is 1. The SMILES string of the molecule is CCN1C(=O)SC(=Cc2cc(Cl)c(OCc3ccc([N+](=O)[O-])cc3)c(OC)c2)C1=O. The fourth-order valence-corrected chi connectivity index (χ4v) is 3.93. The van der Waals surface area contributed by atoms with Crippen molar-refractivity contribution in [3.8, 4) is 11.5 Å². The van der Waals surface area contributed by atoms with Crippen LogP contribution in [0.4, 0.5) is 10.5 Å². The van der Waals surface area contributed by atoms with Gasteiger partial charge in [-0.1, -0.05) is 11.6 Å². The van der Waals surface area contributed by atoms with Crippen LogP contribution in [0.3, 0.4) is 0 Å². The lowest BCUT2D eigenvalue weighted by Gasteiger charge is -2.13. The molecule has 0 bridgehead atoms. The third-order valence-corrected chi connectivity index (χ3v) is 5.46. The smallest absolute Gasteiger partial charge is 0.293 e. The summed E-state index contributed by atoms with van der Waals surface area (Å²) in [6.45, 7) is 2.17. The van der Waals surface area contributed by atoms with Crippen LogP contribution in [0.15, 0.2) is 41.3 Å². The number of methoxy groups -OCH3 is 1. The van der Waals surface area contributed by atoms with Crippen LogP contribution in [-0.2, 0) is 11.4 Å². The van der Waals surface area contributed by atoms with Gasteiger partial charge >= 0.3 is 0 Å². The predicted octanol–water partition coefficient (Wildman–Crippen LogP) is 4.89. The number of amides is 2. The second-order valence-electron chi connectivity index (χ2n) is 6.17. The number of non-ortho nitro benzene ring substituents is 1. The van der Waals surface area contributed by atoms with Gasteiger partial charge in [0.1, 0.15) is 6.61 Å². The molecule has 0 N–H and O–H groups in total. The van der Waals surface area contributed by atoms with E-state index in [0.29, 0.717) is 28.5 Å². The lowest BCUT2D eigenvalue weighted by Crippen LogP contribution is -2.27. The van der Waals surface area contributed by atoms with E-state index in [1.807, 2.05) is 0 Å². The monoisotopic (exact) mass is 448 g/mol. The number of hydrogen-bond donors (Lipinski definition) is 0. The van der Waals surface area contributed by atoms with Crippen LogP contribution in [-0.4, -0.2) is 34.6 Å². The molecule has 0 radical (unpaired) electrons. The van der Waals surface area contributed by atoms with Crippen molar-refractivity contribution < 1.29 is 24.0 Å². The first-order valence-electron chi connectivity index (χ1n) is 8.83. The zero-order valence-corrected chi connectivity index (χ0v) is 17.7. The second kappa shape index (κ2) is 9.19. The Morgan fingerprint density at radius 1 is 1.23 bits per heavy atom. The average molecular weight is 449 g/mol. The number of carbonyl (C=O) groups is 2. The zero-order chi connectivity index (χ0) is 21.8. The van der Waals surface area contributed by atoms with Crippen LogP contribution in [0.1, 0.15) is 18.1 Å². The molecule has 3 rings (SSSR count). The summed E-state index contributed by atoms with van der Waals surface area (Å²) in [4.78, 5) is 35.9. The van der Waals surface area contributed by atoms with E-state index in [1.54, 1.807) is 37.3 Å². The van der Waals surface area contributed by atoms with E-state index in [1.165, 1.54) is 19.2 Å². The van der Waals surface area contributed by atoms with Crippen molar-refractivity contribution in [1.82, 2.24) is 4.90 Å². The lowest BCUT2D eigenvalue weighted by atomic mass is 10.1. The minimum Gasteiger partial charge on any atom is -0.493 e. The maximum Gasteiger partial charge on any atom is 0.293 e. The summed E-state index contributed by atoms with van der Waals surface area (Å²) in [5.41, 5.74) is 1.29. The molecule has 1 heterocycles. The van der Waals surface area contributed by atoms with E-state index in [-0.39, 0.29) is 28.5 Å². The number of imide groups is 1. The first-order valence-corrected chi connectivity index (χ1v) is 10.0. The molecule has 156 valence electrons. The summed E-state index contributed by atoms with van der Waals surface area (Å²) in [7, 11) is 1.46. The van der Waals surface area contributed by atoms with Gasteiger partial charge in [0.25, 0.3) is 16.8 Å². The van der Waals surface area contributed by atoms with Gasteiger partial charge in [0.15, 0.2) is 11.5 Å².